The number of aromatic amines is 1. The van der Waals surface area contributed by atoms with Gasteiger partial charge >= 0.3 is 0 Å². The second-order valence-corrected chi connectivity index (χ2v) is 5.31. The van der Waals surface area contributed by atoms with Crippen molar-refractivity contribution in [3.63, 3.8) is 0 Å². The van der Waals surface area contributed by atoms with E-state index in [0.717, 1.165) is 23.2 Å². The fraction of sp³-hybridized carbons (Fsp3) is 0.353. The number of rotatable bonds is 5. The lowest BCUT2D eigenvalue weighted by Crippen LogP contribution is -2.26. The second kappa shape index (κ2) is 6.53. The molecule has 3 nitrogen and oxygen atoms in total. The van der Waals surface area contributed by atoms with Crippen LogP contribution in [0, 0.1) is 0 Å². The van der Waals surface area contributed by atoms with Crippen molar-refractivity contribution in [3.05, 3.63) is 57.9 Å². The molecule has 0 aliphatic carbocycles. The van der Waals surface area contributed by atoms with Gasteiger partial charge in [0.25, 0.3) is 5.56 Å². The molecule has 0 aliphatic heterocycles. The molecule has 0 radical (unpaired) electrons. The SMILES string of the molecule is CCc1ccc(-c2ccc(CNC(C)C)c(=O)[nH]2)cc1. The number of hydrogen-bond acceptors (Lipinski definition) is 2. The van der Waals surface area contributed by atoms with E-state index in [9.17, 15) is 4.79 Å². The molecular weight excluding hydrogens is 248 g/mol. The Bertz CT molecular complexity index is 612. The predicted molar refractivity (Wildman–Crippen MR) is 83.9 cm³/mol. The molecular formula is C17H22N2O. The Morgan fingerprint density at radius 2 is 1.80 bits per heavy atom. The van der Waals surface area contributed by atoms with Gasteiger partial charge in [-0.05, 0) is 23.6 Å². The van der Waals surface area contributed by atoms with E-state index < -0.39 is 0 Å². The summed E-state index contributed by atoms with van der Waals surface area (Å²) in [6, 6.07) is 12.5. The summed E-state index contributed by atoms with van der Waals surface area (Å²) >= 11 is 0. The van der Waals surface area contributed by atoms with E-state index in [1.54, 1.807) is 0 Å². The van der Waals surface area contributed by atoms with Gasteiger partial charge in [0.05, 0.1) is 0 Å². The summed E-state index contributed by atoms with van der Waals surface area (Å²) in [5.74, 6) is 0. The van der Waals surface area contributed by atoms with Crippen molar-refractivity contribution < 1.29 is 0 Å². The first kappa shape index (κ1) is 14.5. The topological polar surface area (TPSA) is 44.9 Å². The maximum atomic E-state index is 12.1. The number of pyridine rings is 1. The van der Waals surface area contributed by atoms with Gasteiger partial charge in [-0.1, -0.05) is 51.1 Å². The van der Waals surface area contributed by atoms with Crippen LogP contribution in [-0.4, -0.2) is 11.0 Å². The van der Waals surface area contributed by atoms with Gasteiger partial charge in [0, 0.05) is 23.8 Å². The molecule has 0 spiro atoms. The summed E-state index contributed by atoms with van der Waals surface area (Å²) in [4.78, 5) is 15.0. The highest BCUT2D eigenvalue weighted by molar-refractivity contribution is 5.59. The van der Waals surface area contributed by atoms with E-state index in [1.165, 1.54) is 5.56 Å². The third-order valence-electron chi connectivity index (χ3n) is 3.36. The van der Waals surface area contributed by atoms with Gasteiger partial charge in [0.15, 0.2) is 0 Å². The van der Waals surface area contributed by atoms with E-state index in [-0.39, 0.29) is 5.56 Å². The average molecular weight is 270 g/mol. The van der Waals surface area contributed by atoms with Gasteiger partial charge in [0.2, 0.25) is 0 Å². The highest BCUT2D eigenvalue weighted by Gasteiger charge is 2.04. The molecule has 0 fully saturated rings. The van der Waals surface area contributed by atoms with Crippen molar-refractivity contribution in [2.45, 2.75) is 39.8 Å². The minimum Gasteiger partial charge on any atom is -0.322 e. The van der Waals surface area contributed by atoms with E-state index in [0.29, 0.717) is 12.6 Å². The van der Waals surface area contributed by atoms with Crippen molar-refractivity contribution in [2.75, 3.05) is 0 Å². The Hall–Kier alpha value is -1.87. The molecule has 0 aliphatic rings. The first-order valence-corrected chi connectivity index (χ1v) is 7.15. The summed E-state index contributed by atoms with van der Waals surface area (Å²) in [5, 5.41) is 3.26. The van der Waals surface area contributed by atoms with Crippen LogP contribution in [0.4, 0.5) is 0 Å². The van der Waals surface area contributed by atoms with E-state index in [2.05, 4.69) is 55.3 Å². The Balaban J connectivity index is 2.21. The number of hydrogen-bond donors (Lipinski definition) is 2. The smallest absolute Gasteiger partial charge is 0.252 e. The van der Waals surface area contributed by atoms with Gasteiger partial charge in [-0.2, -0.15) is 0 Å². The first-order valence-electron chi connectivity index (χ1n) is 7.15. The number of benzene rings is 1. The minimum atomic E-state index is -0.0183. The van der Waals surface area contributed by atoms with Crippen LogP contribution >= 0.6 is 0 Å². The molecule has 2 N–H and O–H groups in total. The molecule has 3 heteroatoms. The van der Waals surface area contributed by atoms with Crippen LogP contribution < -0.4 is 10.9 Å². The standard InChI is InChI=1S/C17H22N2O/c1-4-13-5-7-14(8-6-13)16-10-9-15(17(20)19-16)11-18-12(2)3/h5-10,12,18H,4,11H2,1-3H3,(H,19,20). The lowest BCUT2D eigenvalue weighted by atomic mass is 10.1. The van der Waals surface area contributed by atoms with E-state index >= 15 is 0 Å². The summed E-state index contributed by atoms with van der Waals surface area (Å²) in [6.45, 7) is 6.87. The van der Waals surface area contributed by atoms with Crippen LogP contribution in [0.25, 0.3) is 11.3 Å². The summed E-state index contributed by atoms with van der Waals surface area (Å²) in [6.07, 6.45) is 1.02. The Morgan fingerprint density at radius 3 is 2.35 bits per heavy atom. The van der Waals surface area contributed by atoms with Crippen molar-refractivity contribution in [2.24, 2.45) is 0 Å². The van der Waals surface area contributed by atoms with Crippen molar-refractivity contribution >= 4 is 0 Å². The zero-order chi connectivity index (χ0) is 14.5. The van der Waals surface area contributed by atoms with Crippen LogP contribution in [0.2, 0.25) is 0 Å². The van der Waals surface area contributed by atoms with Crippen LogP contribution in [0.5, 0.6) is 0 Å². The molecule has 20 heavy (non-hydrogen) atoms. The molecule has 0 unspecified atom stereocenters. The molecule has 0 amide bonds. The Labute approximate surface area is 120 Å². The largest absolute Gasteiger partial charge is 0.322 e. The van der Waals surface area contributed by atoms with E-state index in [4.69, 9.17) is 0 Å². The molecule has 0 atom stereocenters. The highest BCUT2D eigenvalue weighted by Crippen LogP contribution is 2.16. The predicted octanol–water partition coefficient (Wildman–Crippen LogP) is 3.10. The normalized spacial score (nSPS) is 11.0. The third kappa shape index (κ3) is 3.58. The van der Waals surface area contributed by atoms with Crippen molar-refractivity contribution in [3.8, 4) is 11.3 Å². The van der Waals surface area contributed by atoms with Crippen LogP contribution in [-0.2, 0) is 13.0 Å². The number of nitrogens with one attached hydrogen (secondary N) is 2. The molecule has 0 saturated heterocycles. The summed E-state index contributed by atoms with van der Waals surface area (Å²) in [7, 11) is 0. The highest BCUT2D eigenvalue weighted by atomic mass is 16.1. The molecule has 1 aromatic carbocycles. The number of H-pyrrole nitrogens is 1. The maximum absolute atomic E-state index is 12.1. The van der Waals surface area contributed by atoms with Crippen LogP contribution in [0.3, 0.4) is 0 Å². The van der Waals surface area contributed by atoms with Gasteiger partial charge in [-0.3, -0.25) is 4.79 Å². The molecule has 1 heterocycles. The molecule has 2 aromatic rings. The zero-order valence-corrected chi connectivity index (χ0v) is 12.4. The van der Waals surface area contributed by atoms with Gasteiger partial charge in [-0.15, -0.1) is 0 Å². The van der Waals surface area contributed by atoms with Gasteiger partial charge < -0.3 is 10.3 Å². The minimum absolute atomic E-state index is 0.0183. The lowest BCUT2D eigenvalue weighted by molar-refractivity contribution is 0.586. The zero-order valence-electron chi connectivity index (χ0n) is 12.4. The van der Waals surface area contributed by atoms with Gasteiger partial charge in [0.1, 0.15) is 0 Å². The third-order valence-corrected chi connectivity index (χ3v) is 3.36. The first-order chi connectivity index (χ1) is 9.60. The number of aryl methyl sites for hydroxylation is 1. The Kier molecular flexibility index (Phi) is 4.74. The van der Waals surface area contributed by atoms with Crippen LogP contribution in [0.1, 0.15) is 31.9 Å². The summed E-state index contributed by atoms with van der Waals surface area (Å²) in [5.41, 5.74) is 3.96. The molecule has 1 aromatic heterocycles. The monoisotopic (exact) mass is 270 g/mol. The maximum Gasteiger partial charge on any atom is 0.252 e. The Morgan fingerprint density at radius 1 is 1.10 bits per heavy atom. The molecule has 2 rings (SSSR count). The fourth-order valence-electron chi connectivity index (χ4n) is 2.05. The van der Waals surface area contributed by atoms with Crippen LogP contribution in [0.15, 0.2) is 41.2 Å². The van der Waals surface area contributed by atoms with E-state index in [1.807, 2.05) is 12.1 Å². The van der Waals surface area contributed by atoms with Crippen molar-refractivity contribution in [1.82, 2.24) is 10.3 Å². The lowest BCUT2D eigenvalue weighted by Gasteiger charge is -2.08. The quantitative estimate of drug-likeness (QED) is 0.877. The second-order valence-electron chi connectivity index (χ2n) is 5.31. The molecule has 106 valence electrons. The number of aromatic nitrogens is 1. The summed E-state index contributed by atoms with van der Waals surface area (Å²) < 4.78 is 0. The van der Waals surface area contributed by atoms with Gasteiger partial charge in [-0.25, -0.2) is 0 Å². The van der Waals surface area contributed by atoms with Crippen molar-refractivity contribution in [1.29, 1.82) is 0 Å². The molecule has 0 saturated carbocycles. The molecule has 0 bridgehead atoms. The average Bonchev–Trinajstić information content (AvgIpc) is 2.46. The fourth-order valence-corrected chi connectivity index (χ4v) is 2.05.